The molecule has 0 rings (SSSR count). The molecule has 2 atom stereocenters. The van der Waals surface area contributed by atoms with Gasteiger partial charge in [-0.1, -0.05) is 27.7 Å². The molecule has 0 saturated heterocycles. The summed E-state index contributed by atoms with van der Waals surface area (Å²) in [5.74, 6) is 0.818. The maximum atomic E-state index is 10.4. The first-order chi connectivity index (χ1) is 9.68. The van der Waals surface area contributed by atoms with E-state index in [9.17, 15) is 4.79 Å². The van der Waals surface area contributed by atoms with Crippen LogP contribution in [0.15, 0.2) is 0 Å². The third kappa shape index (κ3) is 21.8. The molecule has 0 aromatic heterocycles. The van der Waals surface area contributed by atoms with E-state index < -0.39 is 0 Å². The molecular weight excluding hydrogens is 272 g/mol. The van der Waals surface area contributed by atoms with Gasteiger partial charge in [-0.25, -0.2) is 0 Å². The van der Waals surface area contributed by atoms with Crippen molar-refractivity contribution in [2.75, 3.05) is 26.4 Å². The number of hydrogen-bond donors (Lipinski definition) is 1. The first-order valence-electron chi connectivity index (χ1n) is 7.66. The fourth-order valence-electron chi connectivity index (χ4n) is 1.05. The van der Waals surface area contributed by atoms with Crippen molar-refractivity contribution < 1.29 is 24.1 Å². The second-order valence-corrected chi connectivity index (χ2v) is 6.06. The van der Waals surface area contributed by atoms with Crippen LogP contribution in [0.3, 0.4) is 0 Å². The standard InChI is InChI=1S/C9H18O3.C7H16O2/c1-7(2)5-11-8(3)6-12-9(4)10;1-6(2)5-9-7(3)4-8/h7-8H,5-6H2,1-4H3;6-8H,4-5H2,1-3H3. The van der Waals surface area contributed by atoms with Crippen LogP contribution in [-0.4, -0.2) is 49.7 Å². The molecule has 0 saturated carbocycles. The Hall–Kier alpha value is -0.650. The maximum Gasteiger partial charge on any atom is 0.302 e. The molecular formula is C16H34O5. The third-order valence-corrected chi connectivity index (χ3v) is 2.21. The van der Waals surface area contributed by atoms with E-state index in [4.69, 9.17) is 19.3 Å². The summed E-state index contributed by atoms with van der Waals surface area (Å²) in [7, 11) is 0. The zero-order chi connectivity index (χ0) is 16.8. The second kappa shape index (κ2) is 14.3. The van der Waals surface area contributed by atoms with Crippen molar-refractivity contribution in [3.63, 3.8) is 0 Å². The normalized spacial score (nSPS) is 13.6. The van der Waals surface area contributed by atoms with Crippen molar-refractivity contribution >= 4 is 5.97 Å². The van der Waals surface area contributed by atoms with Gasteiger partial charge >= 0.3 is 5.97 Å². The third-order valence-electron chi connectivity index (χ3n) is 2.21. The topological polar surface area (TPSA) is 65.0 Å². The fraction of sp³-hybridized carbons (Fsp3) is 0.938. The zero-order valence-electron chi connectivity index (χ0n) is 14.7. The average molecular weight is 306 g/mol. The second-order valence-electron chi connectivity index (χ2n) is 6.06. The average Bonchev–Trinajstić information content (AvgIpc) is 2.40. The van der Waals surface area contributed by atoms with E-state index >= 15 is 0 Å². The zero-order valence-corrected chi connectivity index (χ0v) is 14.7. The van der Waals surface area contributed by atoms with Gasteiger partial charge in [-0.15, -0.1) is 0 Å². The van der Waals surface area contributed by atoms with Gasteiger partial charge in [0.25, 0.3) is 0 Å². The minimum absolute atomic E-state index is 0.00343. The van der Waals surface area contributed by atoms with E-state index in [1.165, 1.54) is 6.92 Å². The molecule has 0 radical (unpaired) electrons. The summed E-state index contributed by atoms with van der Waals surface area (Å²) >= 11 is 0. The molecule has 21 heavy (non-hydrogen) atoms. The van der Waals surface area contributed by atoms with Crippen LogP contribution in [-0.2, 0) is 19.0 Å². The van der Waals surface area contributed by atoms with Crippen molar-refractivity contribution in [1.29, 1.82) is 0 Å². The number of carbonyl (C=O) groups excluding carboxylic acids is 1. The van der Waals surface area contributed by atoms with Gasteiger partial charge in [0.15, 0.2) is 0 Å². The SMILES string of the molecule is CC(=O)OCC(C)OCC(C)C.CC(C)COC(C)CO. The molecule has 2 unspecified atom stereocenters. The lowest BCUT2D eigenvalue weighted by Crippen LogP contribution is -2.19. The molecule has 0 bridgehead atoms. The summed E-state index contributed by atoms with van der Waals surface area (Å²) in [6.07, 6.45) is -0.0105. The molecule has 0 aliphatic carbocycles. The van der Waals surface area contributed by atoms with E-state index in [0.29, 0.717) is 25.0 Å². The largest absolute Gasteiger partial charge is 0.463 e. The first-order valence-corrected chi connectivity index (χ1v) is 7.66. The molecule has 0 heterocycles. The predicted octanol–water partition coefficient (Wildman–Crippen LogP) is 2.65. The molecule has 5 heteroatoms. The van der Waals surface area contributed by atoms with Crippen LogP contribution in [0.4, 0.5) is 0 Å². The number of aliphatic hydroxyl groups is 1. The Labute approximate surface area is 130 Å². The van der Waals surface area contributed by atoms with Gasteiger partial charge in [0.1, 0.15) is 6.61 Å². The van der Waals surface area contributed by atoms with Crippen LogP contribution >= 0.6 is 0 Å². The summed E-state index contributed by atoms with van der Waals surface area (Å²) in [5, 5.41) is 8.52. The number of ether oxygens (including phenoxy) is 3. The molecule has 0 spiro atoms. The van der Waals surface area contributed by atoms with Crippen LogP contribution < -0.4 is 0 Å². The molecule has 128 valence electrons. The molecule has 1 N–H and O–H groups in total. The molecule has 0 fully saturated rings. The van der Waals surface area contributed by atoms with Crippen molar-refractivity contribution in [1.82, 2.24) is 0 Å². The van der Waals surface area contributed by atoms with E-state index in [0.717, 1.165) is 6.61 Å². The highest BCUT2D eigenvalue weighted by atomic mass is 16.6. The molecule has 0 aliphatic heterocycles. The Morgan fingerprint density at radius 3 is 1.62 bits per heavy atom. The number of carbonyl (C=O) groups is 1. The fourth-order valence-corrected chi connectivity index (χ4v) is 1.05. The van der Waals surface area contributed by atoms with Gasteiger partial charge in [-0.05, 0) is 25.7 Å². The Morgan fingerprint density at radius 1 is 0.857 bits per heavy atom. The van der Waals surface area contributed by atoms with Gasteiger partial charge in [-0.3, -0.25) is 4.79 Å². The van der Waals surface area contributed by atoms with Crippen molar-refractivity contribution in [2.24, 2.45) is 11.8 Å². The summed E-state index contributed by atoms with van der Waals surface area (Å²) in [6, 6.07) is 0. The van der Waals surface area contributed by atoms with Gasteiger partial charge < -0.3 is 19.3 Å². The van der Waals surface area contributed by atoms with Crippen molar-refractivity contribution in [3.05, 3.63) is 0 Å². The first kappa shape index (κ1) is 22.6. The van der Waals surface area contributed by atoms with Crippen LogP contribution in [0, 0.1) is 11.8 Å². The van der Waals surface area contributed by atoms with Gasteiger partial charge in [0, 0.05) is 20.1 Å². The Kier molecular flexibility index (Phi) is 15.4. The van der Waals surface area contributed by atoms with Crippen molar-refractivity contribution in [2.45, 2.75) is 60.7 Å². The number of rotatable bonds is 9. The summed E-state index contributed by atoms with van der Waals surface area (Å²) in [4.78, 5) is 10.4. The predicted molar refractivity (Wildman–Crippen MR) is 84.2 cm³/mol. The number of aliphatic hydroxyl groups excluding tert-OH is 1. The Morgan fingerprint density at radius 2 is 1.29 bits per heavy atom. The summed E-state index contributed by atoms with van der Waals surface area (Å²) < 4.78 is 15.4. The number of esters is 1. The molecule has 5 nitrogen and oxygen atoms in total. The van der Waals surface area contributed by atoms with E-state index in [1.54, 1.807) is 0 Å². The highest BCUT2D eigenvalue weighted by molar-refractivity contribution is 5.65. The Bertz CT molecular complexity index is 241. The minimum Gasteiger partial charge on any atom is -0.463 e. The van der Waals surface area contributed by atoms with Crippen LogP contribution in [0.1, 0.15) is 48.5 Å². The van der Waals surface area contributed by atoms with E-state index in [2.05, 4.69) is 27.7 Å². The Balaban J connectivity index is 0. The van der Waals surface area contributed by atoms with Crippen LogP contribution in [0.25, 0.3) is 0 Å². The summed E-state index contributed by atoms with van der Waals surface area (Å²) in [6.45, 7) is 15.4. The summed E-state index contributed by atoms with van der Waals surface area (Å²) in [5.41, 5.74) is 0. The lowest BCUT2D eigenvalue weighted by Gasteiger charge is -2.13. The van der Waals surface area contributed by atoms with Crippen LogP contribution in [0.5, 0.6) is 0 Å². The highest BCUT2D eigenvalue weighted by Gasteiger charge is 2.05. The van der Waals surface area contributed by atoms with Crippen molar-refractivity contribution in [3.8, 4) is 0 Å². The van der Waals surface area contributed by atoms with E-state index in [-0.39, 0.29) is 24.8 Å². The lowest BCUT2D eigenvalue weighted by molar-refractivity contribution is -0.145. The molecule has 0 aromatic carbocycles. The molecule has 0 aromatic rings. The smallest absolute Gasteiger partial charge is 0.302 e. The minimum atomic E-state index is -0.255. The maximum absolute atomic E-state index is 10.4. The van der Waals surface area contributed by atoms with Gasteiger partial charge in [-0.2, -0.15) is 0 Å². The van der Waals surface area contributed by atoms with Gasteiger partial charge in [0.05, 0.1) is 18.8 Å². The highest BCUT2D eigenvalue weighted by Crippen LogP contribution is 1.98. The van der Waals surface area contributed by atoms with E-state index in [1.807, 2.05) is 13.8 Å². The van der Waals surface area contributed by atoms with Gasteiger partial charge in [0.2, 0.25) is 0 Å². The quantitative estimate of drug-likeness (QED) is 0.663. The molecule has 0 aliphatic rings. The molecule has 0 amide bonds. The van der Waals surface area contributed by atoms with Crippen LogP contribution in [0.2, 0.25) is 0 Å². The lowest BCUT2D eigenvalue weighted by atomic mass is 10.2. The monoisotopic (exact) mass is 306 g/mol. The number of hydrogen-bond acceptors (Lipinski definition) is 5.